The van der Waals surface area contributed by atoms with Crippen molar-refractivity contribution in [2.24, 2.45) is 0 Å². The third-order valence-corrected chi connectivity index (χ3v) is 3.64. The van der Waals surface area contributed by atoms with Crippen molar-refractivity contribution in [3.05, 3.63) is 59.7 Å². The van der Waals surface area contributed by atoms with Gasteiger partial charge >= 0.3 is 0 Å². The number of amides is 1. The second-order valence-corrected chi connectivity index (χ2v) is 5.95. The van der Waals surface area contributed by atoms with E-state index in [9.17, 15) is 4.79 Å². The van der Waals surface area contributed by atoms with Crippen LogP contribution in [0, 0.1) is 6.92 Å². The lowest BCUT2D eigenvalue weighted by molar-refractivity contribution is 0.102. The highest BCUT2D eigenvalue weighted by Crippen LogP contribution is 2.21. The first-order valence-corrected chi connectivity index (χ1v) is 7.81. The minimum atomic E-state index is -0.161. The van der Waals surface area contributed by atoms with Gasteiger partial charge in [-0.05, 0) is 61.0 Å². The molecule has 1 amide bonds. The number of hydrogen-bond acceptors (Lipinski definition) is 4. The summed E-state index contributed by atoms with van der Waals surface area (Å²) in [7, 11) is 0. The zero-order valence-electron chi connectivity index (χ0n) is 13.9. The van der Waals surface area contributed by atoms with Crippen LogP contribution in [0.5, 0.6) is 0 Å². The smallest absolute Gasteiger partial charge is 0.255 e. The van der Waals surface area contributed by atoms with E-state index in [0.29, 0.717) is 11.4 Å². The molecular formula is C18H19N5O. The third kappa shape index (κ3) is 3.32. The summed E-state index contributed by atoms with van der Waals surface area (Å²) in [4.78, 5) is 12.5. The van der Waals surface area contributed by atoms with Gasteiger partial charge < -0.3 is 5.32 Å². The van der Waals surface area contributed by atoms with Gasteiger partial charge in [0, 0.05) is 16.8 Å². The topological polar surface area (TPSA) is 72.7 Å². The maximum absolute atomic E-state index is 12.5. The van der Waals surface area contributed by atoms with Crippen molar-refractivity contribution in [2.75, 3.05) is 5.32 Å². The molecule has 0 fully saturated rings. The molecular weight excluding hydrogens is 302 g/mol. The average molecular weight is 321 g/mol. The van der Waals surface area contributed by atoms with Crippen molar-refractivity contribution >= 4 is 11.6 Å². The first kappa shape index (κ1) is 15.9. The van der Waals surface area contributed by atoms with Crippen LogP contribution in [-0.4, -0.2) is 26.1 Å². The minimum Gasteiger partial charge on any atom is -0.322 e. The Hall–Kier alpha value is -3.02. The number of carbonyl (C=O) groups is 1. The molecule has 0 aliphatic carbocycles. The van der Waals surface area contributed by atoms with Crippen LogP contribution >= 0.6 is 0 Å². The van der Waals surface area contributed by atoms with Crippen molar-refractivity contribution in [1.82, 2.24) is 20.2 Å². The van der Waals surface area contributed by atoms with E-state index in [4.69, 9.17) is 0 Å². The van der Waals surface area contributed by atoms with E-state index in [2.05, 4.69) is 20.8 Å². The zero-order valence-corrected chi connectivity index (χ0v) is 13.9. The molecule has 3 aromatic rings. The lowest BCUT2D eigenvalue weighted by atomic mass is 10.1. The fourth-order valence-electron chi connectivity index (χ4n) is 2.46. The number of carbonyl (C=O) groups excluding carboxylic acids is 1. The summed E-state index contributed by atoms with van der Waals surface area (Å²) in [6, 6.07) is 15.1. The summed E-state index contributed by atoms with van der Waals surface area (Å²) in [6.45, 7) is 6.00. The van der Waals surface area contributed by atoms with E-state index in [1.807, 2.05) is 57.2 Å². The van der Waals surface area contributed by atoms with Gasteiger partial charge in [-0.3, -0.25) is 4.79 Å². The number of hydrogen-bond donors (Lipinski definition) is 1. The molecule has 1 heterocycles. The van der Waals surface area contributed by atoms with Crippen LogP contribution in [0.15, 0.2) is 48.5 Å². The molecule has 1 aromatic heterocycles. The summed E-state index contributed by atoms with van der Waals surface area (Å²) < 4.78 is 1.73. The van der Waals surface area contributed by atoms with Crippen LogP contribution in [-0.2, 0) is 0 Å². The minimum absolute atomic E-state index is 0.139. The monoisotopic (exact) mass is 321 g/mol. The van der Waals surface area contributed by atoms with E-state index in [0.717, 1.165) is 16.8 Å². The van der Waals surface area contributed by atoms with Crippen molar-refractivity contribution in [3.8, 4) is 11.4 Å². The van der Waals surface area contributed by atoms with E-state index in [1.54, 1.807) is 16.8 Å². The fraction of sp³-hybridized carbons (Fsp3) is 0.222. The van der Waals surface area contributed by atoms with Gasteiger partial charge in [-0.15, -0.1) is 5.10 Å². The highest BCUT2D eigenvalue weighted by molar-refractivity contribution is 6.04. The molecule has 0 radical (unpaired) electrons. The fourth-order valence-corrected chi connectivity index (χ4v) is 2.46. The molecule has 0 saturated carbocycles. The Bertz CT molecular complexity index is 869. The Labute approximate surface area is 140 Å². The van der Waals surface area contributed by atoms with Crippen molar-refractivity contribution in [3.63, 3.8) is 0 Å². The molecule has 0 saturated heterocycles. The van der Waals surface area contributed by atoms with E-state index >= 15 is 0 Å². The van der Waals surface area contributed by atoms with Gasteiger partial charge in [0.2, 0.25) is 0 Å². The van der Waals surface area contributed by atoms with Gasteiger partial charge in [0.25, 0.3) is 5.91 Å². The predicted molar refractivity (Wildman–Crippen MR) is 92.8 cm³/mol. The molecule has 0 bridgehead atoms. The van der Waals surface area contributed by atoms with Crippen LogP contribution in [0.1, 0.15) is 35.8 Å². The summed E-state index contributed by atoms with van der Waals surface area (Å²) in [5.74, 6) is 0.487. The molecule has 0 atom stereocenters. The van der Waals surface area contributed by atoms with Gasteiger partial charge in [-0.1, -0.05) is 24.3 Å². The Balaban J connectivity index is 1.87. The standard InChI is InChI=1S/C18H19N5O/c1-12(2)23-17(20-21-22-23)14-7-5-8-15(11-14)18(24)19-16-9-4-6-13(3)10-16/h4-12H,1-3H3,(H,19,24). The van der Waals surface area contributed by atoms with Crippen LogP contribution < -0.4 is 5.32 Å². The lowest BCUT2D eigenvalue weighted by Gasteiger charge is -2.09. The number of rotatable bonds is 4. The van der Waals surface area contributed by atoms with Crippen LogP contribution in [0.4, 0.5) is 5.69 Å². The maximum atomic E-state index is 12.5. The van der Waals surface area contributed by atoms with E-state index in [1.165, 1.54) is 0 Å². The number of aryl methyl sites for hydroxylation is 1. The third-order valence-electron chi connectivity index (χ3n) is 3.64. The average Bonchev–Trinajstić information content (AvgIpc) is 3.05. The van der Waals surface area contributed by atoms with Crippen LogP contribution in [0.2, 0.25) is 0 Å². The molecule has 2 aromatic carbocycles. The van der Waals surface area contributed by atoms with Crippen LogP contribution in [0.25, 0.3) is 11.4 Å². The van der Waals surface area contributed by atoms with Gasteiger partial charge in [0.1, 0.15) is 0 Å². The highest BCUT2D eigenvalue weighted by Gasteiger charge is 2.14. The van der Waals surface area contributed by atoms with E-state index in [-0.39, 0.29) is 11.9 Å². The molecule has 6 heteroatoms. The number of anilines is 1. The number of benzene rings is 2. The van der Waals surface area contributed by atoms with Gasteiger partial charge in [-0.2, -0.15) is 0 Å². The number of tetrazole rings is 1. The summed E-state index contributed by atoms with van der Waals surface area (Å²) in [5, 5.41) is 14.7. The van der Waals surface area contributed by atoms with Gasteiger partial charge in [0.15, 0.2) is 5.82 Å². The molecule has 0 aliphatic heterocycles. The highest BCUT2D eigenvalue weighted by atomic mass is 16.1. The Kier molecular flexibility index (Phi) is 4.37. The molecule has 6 nitrogen and oxygen atoms in total. The summed E-state index contributed by atoms with van der Waals surface area (Å²) >= 11 is 0. The Morgan fingerprint density at radius 3 is 2.67 bits per heavy atom. The lowest BCUT2D eigenvalue weighted by Crippen LogP contribution is -2.12. The van der Waals surface area contributed by atoms with Gasteiger partial charge in [0.05, 0.1) is 6.04 Å². The van der Waals surface area contributed by atoms with E-state index < -0.39 is 0 Å². The molecule has 122 valence electrons. The van der Waals surface area contributed by atoms with Gasteiger partial charge in [-0.25, -0.2) is 4.68 Å². The quantitative estimate of drug-likeness (QED) is 0.798. The largest absolute Gasteiger partial charge is 0.322 e. The molecule has 0 aliphatic rings. The molecule has 1 N–H and O–H groups in total. The number of aromatic nitrogens is 4. The SMILES string of the molecule is Cc1cccc(NC(=O)c2cccc(-c3nnnn3C(C)C)c2)c1. The first-order chi connectivity index (χ1) is 11.5. The van der Waals surface area contributed by atoms with Crippen molar-refractivity contribution in [2.45, 2.75) is 26.8 Å². The molecule has 0 unspecified atom stereocenters. The molecule has 0 spiro atoms. The summed E-state index contributed by atoms with van der Waals surface area (Å²) in [5.41, 5.74) is 3.24. The molecule has 3 rings (SSSR count). The Morgan fingerprint density at radius 2 is 1.92 bits per heavy atom. The number of nitrogens with zero attached hydrogens (tertiary/aromatic N) is 4. The normalized spacial score (nSPS) is 10.8. The second kappa shape index (κ2) is 6.62. The molecule has 24 heavy (non-hydrogen) atoms. The summed E-state index contributed by atoms with van der Waals surface area (Å²) in [6.07, 6.45) is 0. The Morgan fingerprint density at radius 1 is 1.12 bits per heavy atom. The van der Waals surface area contributed by atoms with Crippen molar-refractivity contribution < 1.29 is 4.79 Å². The second-order valence-electron chi connectivity index (χ2n) is 5.95. The maximum Gasteiger partial charge on any atom is 0.255 e. The van der Waals surface area contributed by atoms with Crippen LogP contribution in [0.3, 0.4) is 0 Å². The van der Waals surface area contributed by atoms with Crippen molar-refractivity contribution in [1.29, 1.82) is 0 Å². The zero-order chi connectivity index (χ0) is 17.1. The first-order valence-electron chi connectivity index (χ1n) is 7.81. The number of nitrogens with one attached hydrogen (secondary N) is 1. The predicted octanol–water partition coefficient (Wildman–Crippen LogP) is 3.48.